The van der Waals surface area contributed by atoms with Crippen LogP contribution >= 0.6 is 0 Å². The van der Waals surface area contributed by atoms with Crippen molar-refractivity contribution in [2.24, 2.45) is 0 Å². The summed E-state index contributed by atoms with van der Waals surface area (Å²) >= 11 is 0. The second kappa shape index (κ2) is 8.10. The van der Waals surface area contributed by atoms with Crippen LogP contribution in [0.5, 0.6) is 0 Å². The zero-order valence-corrected chi connectivity index (χ0v) is 17.4. The van der Waals surface area contributed by atoms with Gasteiger partial charge in [-0.3, -0.25) is 14.9 Å². The second-order valence-electron chi connectivity index (χ2n) is 7.12. The summed E-state index contributed by atoms with van der Waals surface area (Å²) in [5, 5.41) is 13.4. The molecule has 28 heavy (non-hydrogen) atoms. The molecule has 150 valence electrons. The fourth-order valence-electron chi connectivity index (χ4n) is 3.57. The van der Waals surface area contributed by atoms with Crippen LogP contribution in [0.4, 0.5) is 5.69 Å². The van der Waals surface area contributed by atoms with Crippen molar-refractivity contribution in [2.75, 3.05) is 11.2 Å². The number of hydrogen-bond donors (Lipinski definition) is 1. The normalized spacial score (nSPS) is 11.3. The SMILES string of the molecule is Cc1cc(C)c(CC(=O)Nc2cc(C)c(S(=O)(=O)C[N+](=O)[O-])c(C)c2)c(C)c1. The molecule has 0 heterocycles. The molecule has 0 atom stereocenters. The number of hydrogen-bond acceptors (Lipinski definition) is 5. The van der Waals surface area contributed by atoms with Gasteiger partial charge in [-0.15, -0.1) is 0 Å². The van der Waals surface area contributed by atoms with Crippen LogP contribution in [-0.2, 0) is 21.1 Å². The average molecular weight is 404 g/mol. The quantitative estimate of drug-likeness (QED) is 0.586. The predicted octanol–water partition coefficient (Wildman–Crippen LogP) is 3.42. The zero-order chi connectivity index (χ0) is 21.2. The summed E-state index contributed by atoms with van der Waals surface area (Å²) in [6, 6.07) is 7.09. The number of nitro groups is 1. The standard InChI is InChI=1S/C20H24N2O5S/c1-12-6-13(2)18(14(3)7-12)10-19(23)21-17-8-15(4)20(16(5)9-17)28(26,27)11-22(24)25/h6-9H,10-11H2,1-5H3,(H,21,23). The van der Waals surface area contributed by atoms with Gasteiger partial charge in [-0.1, -0.05) is 17.7 Å². The topological polar surface area (TPSA) is 106 Å². The van der Waals surface area contributed by atoms with Crippen molar-refractivity contribution in [3.8, 4) is 0 Å². The number of rotatable bonds is 6. The van der Waals surface area contributed by atoms with Crippen LogP contribution in [0.2, 0.25) is 0 Å². The van der Waals surface area contributed by atoms with Crippen LogP contribution in [0, 0.1) is 44.7 Å². The van der Waals surface area contributed by atoms with Crippen molar-refractivity contribution in [1.29, 1.82) is 0 Å². The Balaban J connectivity index is 2.26. The molecule has 2 aromatic rings. The first-order chi connectivity index (χ1) is 12.9. The fourth-order valence-corrected chi connectivity index (χ4v) is 5.08. The molecule has 0 aliphatic rings. The van der Waals surface area contributed by atoms with Crippen molar-refractivity contribution in [3.63, 3.8) is 0 Å². The lowest BCUT2D eigenvalue weighted by Crippen LogP contribution is -2.18. The van der Waals surface area contributed by atoms with Crippen LogP contribution in [0.15, 0.2) is 29.2 Å². The monoisotopic (exact) mass is 404 g/mol. The first-order valence-corrected chi connectivity index (χ1v) is 10.4. The van der Waals surface area contributed by atoms with E-state index in [1.165, 1.54) is 12.1 Å². The van der Waals surface area contributed by atoms with Crippen LogP contribution in [0.25, 0.3) is 0 Å². The van der Waals surface area contributed by atoms with Crippen LogP contribution < -0.4 is 5.32 Å². The maximum atomic E-state index is 12.5. The van der Waals surface area contributed by atoms with Gasteiger partial charge in [0, 0.05) is 10.6 Å². The van der Waals surface area contributed by atoms with E-state index in [4.69, 9.17) is 0 Å². The summed E-state index contributed by atoms with van der Waals surface area (Å²) in [6.45, 7) is 9.05. The Morgan fingerprint density at radius 2 is 1.46 bits per heavy atom. The number of nitrogens with one attached hydrogen (secondary N) is 1. The molecular weight excluding hydrogens is 380 g/mol. The Morgan fingerprint density at radius 1 is 0.964 bits per heavy atom. The molecule has 2 rings (SSSR count). The third-order valence-corrected chi connectivity index (χ3v) is 6.32. The van der Waals surface area contributed by atoms with Crippen molar-refractivity contribution >= 4 is 21.4 Å². The fraction of sp³-hybridized carbons (Fsp3) is 0.350. The molecule has 0 aliphatic carbocycles. The van der Waals surface area contributed by atoms with Crippen LogP contribution in [-0.4, -0.2) is 25.1 Å². The molecule has 7 nitrogen and oxygen atoms in total. The number of carbonyl (C=O) groups excluding carboxylic acids is 1. The first-order valence-electron chi connectivity index (χ1n) is 8.73. The van der Waals surface area contributed by atoms with E-state index in [1.54, 1.807) is 13.8 Å². The van der Waals surface area contributed by atoms with E-state index in [9.17, 15) is 23.3 Å². The van der Waals surface area contributed by atoms with Gasteiger partial charge >= 0.3 is 5.88 Å². The maximum absolute atomic E-state index is 12.5. The second-order valence-corrected chi connectivity index (χ2v) is 9.01. The Bertz CT molecular complexity index is 1010. The summed E-state index contributed by atoms with van der Waals surface area (Å²) < 4.78 is 24.5. The minimum absolute atomic E-state index is 0.0626. The van der Waals surface area contributed by atoms with E-state index in [0.717, 1.165) is 22.3 Å². The highest BCUT2D eigenvalue weighted by atomic mass is 32.2. The highest BCUT2D eigenvalue weighted by Gasteiger charge is 2.26. The molecule has 1 N–H and O–H groups in total. The predicted molar refractivity (Wildman–Crippen MR) is 108 cm³/mol. The van der Waals surface area contributed by atoms with Gasteiger partial charge in [0.25, 0.3) is 0 Å². The third-order valence-electron chi connectivity index (χ3n) is 4.51. The maximum Gasteiger partial charge on any atom is 0.305 e. The molecule has 0 aromatic heterocycles. The highest BCUT2D eigenvalue weighted by Crippen LogP contribution is 2.26. The molecule has 8 heteroatoms. The number of anilines is 1. The van der Waals surface area contributed by atoms with Gasteiger partial charge in [-0.2, -0.15) is 0 Å². The average Bonchev–Trinajstić information content (AvgIpc) is 2.48. The first kappa shape index (κ1) is 21.6. The Labute approximate surface area is 164 Å². The van der Waals surface area contributed by atoms with Gasteiger partial charge in [0.15, 0.2) is 0 Å². The lowest BCUT2D eigenvalue weighted by molar-refractivity contribution is -0.458. The Kier molecular flexibility index (Phi) is 6.23. The van der Waals surface area contributed by atoms with Gasteiger partial charge in [0.1, 0.15) is 0 Å². The van der Waals surface area contributed by atoms with Crippen LogP contribution in [0.1, 0.15) is 33.4 Å². The van der Waals surface area contributed by atoms with Gasteiger partial charge in [0.05, 0.1) is 11.3 Å². The van der Waals surface area contributed by atoms with E-state index < -0.39 is 20.6 Å². The molecule has 0 saturated heterocycles. The molecule has 2 aromatic carbocycles. The summed E-state index contributed by atoms with van der Waals surface area (Å²) in [4.78, 5) is 22.2. The van der Waals surface area contributed by atoms with Crippen molar-refractivity contribution < 1.29 is 18.1 Å². The summed E-state index contributed by atoms with van der Waals surface area (Å²) in [7, 11) is -4.04. The molecule has 0 unspecified atom stereocenters. The molecule has 0 spiro atoms. The molecule has 0 bridgehead atoms. The molecule has 0 saturated carbocycles. The molecular formula is C20H24N2O5S. The molecule has 0 radical (unpaired) electrons. The number of sulfone groups is 1. The number of amides is 1. The largest absolute Gasteiger partial charge is 0.326 e. The van der Waals surface area contributed by atoms with Gasteiger partial charge in [-0.25, -0.2) is 8.42 Å². The Hall–Kier alpha value is -2.74. The van der Waals surface area contributed by atoms with Crippen molar-refractivity contribution in [3.05, 3.63) is 67.8 Å². The van der Waals surface area contributed by atoms with Gasteiger partial charge in [-0.05, 0) is 74.6 Å². The number of carbonyl (C=O) groups is 1. The van der Waals surface area contributed by atoms with E-state index in [0.29, 0.717) is 16.8 Å². The minimum Gasteiger partial charge on any atom is -0.326 e. The van der Waals surface area contributed by atoms with E-state index in [2.05, 4.69) is 5.32 Å². The smallest absolute Gasteiger partial charge is 0.305 e. The van der Waals surface area contributed by atoms with Crippen molar-refractivity contribution in [2.45, 2.75) is 45.9 Å². The van der Waals surface area contributed by atoms with E-state index in [1.807, 2.05) is 32.9 Å². The molecule has 0 fully saturated rings. The number of benzene rings is 2. The summed E-state index contributed by atoms with van der Waals surface area (Å²) in [5.74, 6) is -1.37. The number of nitrogens with zero attached hydrogens (tertiary/aromatic N) is 1. The summed E-state index contributed by atoms with van der Waals surface area (Å²) in [5.41, 5.74) is 5.36. The lowest BCUT2D eigenvalue weighted by atomic mass is 9.97. The number of aryl methyl sites for hydroxylation is 5. The van der Waals surface area contributed by atoms with E-state index >= 15 is 0 Å². The molecule has 1 amide bonds. The molecule has 0 aliphatic heterocycles. The highest BCUT2D eigenvalue weighted by molar-refractivity contribution is 7.91. The zero-order valence-electron chi connectivity index (χ0n) is 16.6. The lowest BCUT2D eigenvalue weighted by Gasteiger charge is -2.14. The third kappa shape index (κ3) is 4.95. The van der Waals surface area contributed by atoms with Crippen LogP contribution in [0.3, 0.4) is 0 Å². The van der Waals surface area contributed by atoms with Crippen molar-refractivity contribution in [1.82, 2.24) is 0 Å². The van der Waals surface area contributed by atoms with E-state index in [-0.39, 0.29) is 17.2 Å². The summed E-state index contributed by atoms with van der Waals surface area (Å²) in [6.07, 6.45) is 0.206. The Morgan fingerprint density at radius 3 is 1.93 bits per heavy atom. The van der Waals surface area contributed by atoms with Gasteiger partial charge < -0.3 is 5.32 Å². The van der Waals surface area contributed by atoms with Gasteiger partial charge in [0.2, 0.25) is 15.7 Å². The minimum atomic E-state index is -4.04.